The first kappa shape index (κ1) is 14.3. The Hall–Kier alpha value is -2.07. The van der Waals surface area contributed by atoms with Gasteiger partial charge in [-0.3, -0.25) is 9.78 Å². The number of benzene rings is 1. The van der Waals surface area contributed by atoms with Crippen molar-refractivity contribution in [3.05, 3.63) is 59.4 Å². The average Bonchev–Trinajstić information content (AvgIpc) is 2.46. The molecule has 104 valence electrons. The van der Waals surface area contributed by atoms with E-state index in [1.54, 1.807) is 30.5 Å². The van der Waals surface area contributed by atoms with Gasteiger partial charge in [0.2, 0.25) is 0 Å². The van der Waals surface area contributed by atoms with E-state index in [2.05, 4.69) is 10.3 Å². The third kappa shape index (κ3) is 4.24. The fourth-order valence-electron chi connectivity index (χ4n) is 1.69. The van der Waals surface area contributed by atoms with Crippen LogP contribution >= 0.6 is 11.6 Å². The van der Waals surface area contributed by atoms with Gasteiger partial charge in [-0.25, -0.2) is 0 Å². The average molecular weight is 291 g/mol. The molecule has 2 aromatic rings. The lowest BCUT2D eigenvalue weighted by atomic mass is 10.2. The van der Waals surface area contributed by atoms with Gasteiger partial charge in [0.15, 0.2) is 6.61 Å². The molecule has 0 saturated carbocycles. The third-order valence-electron chi connectivity index (χ3n) is 2.67. The number of amides is 1. The molecule has 4 nitrogen and oxygen atoms in total. The molecule has 0 fully saturated rings. The molecule has 0 saturated heterocycles. The van der Waals surface area contributed by atoms with Crippen molar-refractivity contribution in [2.75, 3.05) is 6.61 Å². The molecule has 1 aromatic heterocycles. The molecule has 0 aliphatic carbocycles. The van der Waals surface area contributed by atoms with E-state index in [4.69, 9.17) is 16.3 Å². The van der Waals surface area contributed by atoms with Crippen LogP contribution in [0.1, 0.15) is 18.7 Å². The van der Waals surface area contributed by atoms with Crippen LogP contribution in [0.4, 0.5) is 0 Å². The van der Waals surface area contributed by atoms with Crippen molar-refractivity contribution in [1.29, 1.82) is 0 Å². The topological polar surface area (TPSA) is 51.2 Å². The highest BCUT2D eigenvalue weighted by molar-refractivity contribution is 6.30. The van der Waals surface area contributed by atoms with E-state index in [1.165, 1.54) is 0 Å². The number of nitrogens with zero attached hydrogens (tertiary/aromatic N) is 1. The Morgan fingerprint density at radius 3 is 2.90 bits per heavy atom. The van der Waals surface area contributed by atoms with Gasteiger partial charge in [-0.2, -0.15) is 0 Å². The van der Waals surface area contributed by atoms with Crippen LogP contribution in [-0.2, 0) is 4.79 Å². The molecular formula is C15H15ClN2O2. The van der Waals surface area contributed by atoms with Crippen LogP contribution in [-0.4, -0.2) is 17.5 Å². The minimum atomic E-state index is -0.205. The molecule has 5 heteroatoms. The summed E-state index contributed by atoms with van der Waals surface area (Å²) >= 11 is 5.84. The molecule has 2 rings (SSSR count). The summed E-state index contributed by atoms with van der Waals surface area (Å²) in [4.78, 5) is 16.0. The number of halogens is 1. The van der Waals surface area contributed by atoms with Gasteiger partial charge in [0, 0.05) is 11.2 Å². The third-order valence-corrected chi connectivity index (χ3v) is 2.91. The molecule has 0 spiro atoms. The summed E-state index contributed by atoms with van der Waals surface area (Å²) in [5.74, 6) is 0.362. The quantitative estimate of drug-likeness (QED) is 0.921. The molecule has 1 heterocycles. The maximum atomic E-state index is 11.8. The van der Waals surface area contributed by atoms with Crippen LogP contribution in [0.3, 0.4) is 0 Å². The molecule has 1 amide bonds. The monoisotopic (exact) mass is 290 g/mol. The van der Waals surface area contributed by atoms with E-state index in [9.17, 15) is 4.79 Å². The molecule has 0 aliphatic rings. The number of rotatable bonds is 5. The smallest absolute Gasteiger partial charge is 0.258 e. The summed E-state index contributed by atoms with van der Waals surface area (Å²) in [6.07, 6.45) is 1.69. The van der Waals surface area contributed by atoms with E-state index in [0.717, 1.165) is 5.69 Å². The van der Waals surface area contributed by atoms with Gasteiger partial charge in [-0.15, -0.1) is 0 Å². The molecule has 0 aliphatic heterocycles. The van der Waals surface area contributed by atoms with Crippen molar-refractivity contribution < 1.29 is 9.53 Å². The number of carbonyl (C=O) groups excluding carboxylic acids is 1. The zero-order valence-electron chi connectivity index (χ0n) is 11.0. The van der Waals surface area contributed by atoms with Gasteiger partial charge in [-0.05, 0) is 37.3 Å². The first-order valence-corrected chi connectivity index (χ1v) is 6.61. The summed E-state index contributed by atoms with van der Waals surface area (Å²) in [6.45, 7) is 1.82. The predicted molar refractivity (Wildman–Crippen MR) is 77.7 cm³/mol. The minimum Gasteiger partial charge on any atom is -0.484 e. The normalized spacial score (nSPS) is 11.7. The Morgan fingerprint density at radius 1 is 1.35 bits per heavy atom. The van der Waals surface area contributed by atoms with Crippen LogP contribution in [0.15, 0.2) is 48.7 Å². The van der Waals surface area contributed by atoms with Gasteiger partial charge in [0.1, 0.15) is 5.75 Å². The maximum Gasteiger partial charge on any atom is 0.258 e. The number of aromatic nitrogens is 1. The Balaban J connectivity index is 1.84. The first-order valence-electron chi connectivity index (χ1n) is 6.24. The van der Waals surface area contributed by atoms with Gasteiger partial charge in [-0.1, -0.05) is 23.7 Å². The second-order valence-corrected chi connectivity index (χ2v) is 4.73. The Kier molecular flexibility index (Phi) is 4.96. The Labute approximate surface area is 122 Å². The van der Waals surface area contributed by atoms with Gasteiger partial charge in [0.25, 0.3) is 5.91 Å². The van der Waals surface area contributed by atoms with E-state index >= 15 is 0 Å². The standard InChI is InChI=1S/C15H15ClN2O2/c1-11(14-7-2-3-8-17-14)18-15(19)10-20-13-6-4-5-12(16)9-13/h2-9,11H,10H2,1H3,(H,18,19). The predicted octanol–water partition coefficient (Wildman–Crippen LogP) is 2.99. The lowest BCUT2D eigenvalue weighted by molar-refractivity contribution is -0.123. The summed E-state index contributed by atoms with van der Waals surface area (Å²) < 4.78 is 5.37. The van der Waals surface area contributed by atoms with Crippen molar-refractivity contribution in [2.45, 2.75) is 13.0 Å². The lowest BCUT2D eigenvalue weighted by Crippen LogP contribution is -2.31. The lowest BCUT2D eigenvalue weighted by Gasteiger charge is -2.13. The first-order chi connectivity index (χ1) is 9.65. The Bertz CT molecular complexity index is 575. The molecule has 20 heavy (non-hydrogen) atoms. The van der Waals surface area contributed by atoms with E-state index in [1.807, 2.05) is 25.1 Å². The van der Waals surface area contributed by atoms with Gasteiger partial charge < -0.3 is 10.1 Å². The van der Waals surface area contributed by atoms with Crippen molar-refractivity contribution >= 4 is 17.5 Å². The molecule has 1 atom stereocenters. The maximum absolute atomic E-state index is 11.8. The summed E-state index contributed by atoms with van der Waals surface area (Å²) in [6, 6.07) is 12.4. The molecule has 1 aromatic carbocycles. The fourth-order valence-corrected chi connectivity index (χ4v) is 1.88. The van der Waals surface area contributed by atoms with Gasteiger partial charge in [0.05, 0.1) is 11.7 Å². The highest BCUT2D eigenvalue weighted by Crippen LogP contribution is 2.17. The molecular weight excluding hydrogens is 276 g/mol. The van der Waals surface area contributed by atoms with E-state index in [0.29, 0.717) is 10.8 Å². The highest BCUT2D eigenvalue weighted by Gasteiger charge is 2.10. The fraction of sp³-hybridized carbons (Fsp3) is 0.200. The molecule has 0 bridgehead atoms. The highest BCUT2D eigenvalue weighted by atomic mass is 35.5. The number of hydrogen-bond acceptors (Lipinski definition) is 3. The summed E-state index contributed by atoms with van der Waals surface area (Å²) in [7, 11) is 0. The summed E-state index contributed by atoms with van der Waals surface area (Å²) in [5.41, 5.74) is 0.809. The Morgan fingerprint density at radius 2 is 2.20 bits per heavy atom. The number of pyridine rings is 1. The summed E-state index contributed by atoms with van der Waals surface area (Å²) in [5, 5.41) is 3.40. The van der Waals surface area contributed by atoms with Crippen LogP contribution in [0.2, 0.25) is 5.02 Å². The van der Waals surface area contributed by atoms with E-state index in [-0.39, 0.29) is 18.6 Å². The number of nitrogens with one attached hydrogen (secondary N) is 1. The SMILES string of the molecule is CC(NC(=O)COc1cccc(Cl)c1)c1ccccn1. The minimum absolute atomic E-state index is 0.0580. The molecule has 0 radical (unpaired) electrons. The molecule has 1 unspecified atom stereocenters. The zero-order valence-corrected chi connectivity index (χ0v) is 11.8. The van der Waals surface area contributed by atoms with Crippen LogP contribution in [0.5, 0.6) is 5.75 Å². The van der Waals surface area contributed by atoms with Crippen LogP contribution in [0.25, 0.3) is 0 Å². The second-order valence-electron chi connectivity index (χ2n) is 4.29. The van der Waals surface area contributed by atoms with Crippen molar-refractivity contribution in [1.82, 2.24) is 10.3 Å². The number of carbonyl (C=O) groups is 1. The van der Waals surface area contributed by atoms with E-state index < -0.39 is 0 Å². The van der Waals surface area contributed by atoms with Crippen LogP contribution < -0.4 is 10.1 Å². The van der Waals surface area contributed by atoms with Crippen molar-refractivity contribution in [3.63, 3.8) is 0 Å². The van der Waals surface area contributed by atoms with Crippen molar-refractivity contribution in [3.8, 4) is 5.75 Å². The zero-order chi connectivity index (χ0) is 14.4. The van der Waals surface area contributed by atoms with Crippen LogP contribution in [0, 0.1) is 0 Å². The number of hydrogen-bond donors (Lipinski definition) is 1. The van der Waals surface area contributed by atoms with Gasteiger partial charge >= 0.3 is 0 Å². The second kappa shape index (κ2) is 6.91. The number of ether oxygens (including phenoxy) is 1. The van der Waals surface area contributed by atoms with Crippen molar-refractivity contribution in [2.24, 2.45) is 0 Å². The largest absolute Gasteiger partial charge is 0.484 e. The molecule has 1 N–H and O–H groups in total.